The van der Waals surface area contributed by atoms with Crippen LogP contribution in [0.2, 0.25) is 0 Å². The zero-order valence-corrected chi connectivity index (χ0v) is 13.7. The number of anilines is 1. The van der Waals surface area contributed by atoms with Crippen molar-refractivity contribution >= 4 is 43.5 Å². The average Bonchev–Trinajstić information content (AvgIpc) is 2.66. The third-order valence-corrected chi connectivity index (χ3v) is 4.42. The molecule has 3 nitrogen and oxygen atoms in total. The maximum absolute atomic E-state index is 12.3. The first kappa shape index (κ1) is 13.8. The van der Waals surface area contributed by atoms with E-state index in [4.69, 9.17) is 5.73 Å². The van der Waals surface area contributed by atoms with Crippen LogP contribution in [0.4, 0.5) is 5.69 Å². The normalized spacial score (nSPS) is 17.4. The predicted octanol–water partition coefficient (Wildman–Crippen LogP) is 3.76. The molecule has 5 heteroatoms. The summed E-state index contributed by atoms with van der Waals surface area (Å²) in [4.78, 5) is 14.1. The van der Waals surface area contributed by atoms with Gasteiger partial charge in [-0.3, -0.25) is 4.79 Å². The lowest BCUT2D eigenvalue weighted by molar-refractivity contribution is -0.119. The predicted molar refractivity (Wildman–Crippen MR) is 86.4 cm³/mol. The molecule has 1 amide bonds. The third-order valence-electron chi connectivity index (χ3n) is 3.40. The summed E-state index contributed by atoms with van der Waals surface area (Å²) in [5.74, 6) is -0.0546. The molecule has 0 radical (unpaired) electrons. The average molecular weight is 396 g/mol. The largest absolute Gasteiger partial charge is 0.316 e. The van der Waals surface area contributed by atoms with Crippen molar-refractivity contribution in [3.8, 4) is 0 Å². The highest BCUT2D eigenvalue weighted by Gasteiger charge is 2.34. The zero-order valence-electron chi connectivity index (χ0n) is 10.5. The van der Waals surface area contributed by atoms with Gasteiger partial charge in [0.2, 0.25) is 5.91 Å². The Morgan fingerprint density at radius 2 is 1.70 bits per heavy atom. The fraction of sp³-hybridized carbons (Fsp3) is 0.133. The maximum Gasteiger partial charge on any atom is 0.248 e. The van der Waals surface area contributed by atoms with E-state index < -0.39 is 6.04 Å². The minimum Gasteiger partial charge on any atom is -0.316 e. The van der Waals surface area contributed by atoms with Gasteiger partial charge in [-0.25, -0.2) is 0 Å². The van der Waals surface area contributed by atoms with Crippen molar-refractivity contribution in [3.05, 3.63) is 62.5 Å². The van der Waals surface area contributed by atoms with E-state index in [0.29, 0.717) is 6.54 Å². The van der Waals surface area contributed by atoms with Gasteiger partial charge in [-0.1, -0.05) is 44.0 Å². The number of benzene rings is 2. The lowest BCUT2D eigenvalue weighted by atomic mass is 10.1. The van der Waals surface area contributed by atoms with Crippen LogP contribution in [-0.4, -0.2) is 5.91 Å². The first-order valence-corrected chi connectivity index (χ1v) is 7.76. The van der Waals surface area contributed by atoms with E-state index in [2.05, 4.69) is 31.9 Å². The van der Waals surface area contributed by atoms with Crippen LogP contribution in [0.15, 0.2) is 51.4 Å². The Bertz CT molecular complexity index is 670. The quantitative estimate of drug-likeness (QED) is 0.841. The molecule has 0 aromatic heterocycles. The molecule has 102 valence electrons. The van der Waals surface area contributed by atoms with Crippen molar-refractivity contribution in [2.75, 3.05) is 4.90 Å². The minimum atomic E-state index is -0.571. The molecular weight excluding hydrogens is 384 g/mol. The smallest absolute Gasteiger partial charge is 0.248 e. The zero-order chi connectivity index (χ0) is 14.3. The lowest BCUT2D eigenvalue weighted by Crippen LogP contribution is -2.31. The van der Waals surface area contributed by atoms with E-state index in [1.54, 1.807) is 4.90 Å². The summed E-state index contributed by atoms with van der Waals surface area (Å²) < 4.78 is 1.96. The van der Waals surface area contributed by atoms with E-state index in [0.717, 1.165) is 25.8 Å². The molecule has 2 N–H and O–H groups in total. The van der Waals surface area contributed by atoms with Crippen molar-refractivity contribution in [3.63, 3.8) is 0 Å². The van der Waals surface area contributed by atoms with Gasteiger partial charge in [0, 0.05) is 20.2 Å². The molecule has 2 aromatic carbocycles. The molecule has 0 bridgehead atoms. The van der Waals surface area contributed by atoms with Crippen LogP contribution in [0.5, 0.6) is 0 Å². The third kappa shape index (κ3) is 2.41. The van der Waals surface area contributed by atoms with Gasteiger partial charge >= 0.3 is 0 Å². The van der Waals surface area contributed by atoms with Crippen molar-refractivity contribution < 1.29 is 4.79 Å². The molecule has 0 fully saturated rings. The van der Waals surface area contributed by atoms with Crippen molar-refractivity contribution in [1.82, 2.24) is 0 Å². The van der Waals surface area contributed by atoms with Gasteiger partial charge in [0.05, 0.1) is 6.54 Å². The van der Waals surface area contributed by atoms with E-state index in [1.807, 2.05) is 42.5 Å². The van der Waals surface area contributed by atoms with E-state index >= 15 is 0 Å². The van der Waals surface area contributed by atoms with Crippen LogP contribution in [0.1, 0.15) is 17.2 Å². The van der Waals surface area contributed by atoms with Gasteiger partial charge in [-0.05, 0) is 35.9 Å². The number of amides is 1. The molecule has 1 aliphatic rings. The summed E-state index contributed by atoms with van der Waals surface area (Å²) in [6.45, 7) is 0.536. The number of fused-ring (bicyclic) bond motifs is 1. The molecule has 0 spiro atoms. The number of nitrogens with two attached hydrogens (primary N) is 1. The van der Waals surface area contributed by atoms with E-state index in [9.17, 15) is 4.79 Å². The highest BCUT2D eigenvalue weighted by molar-refractivity contribution is 9.10. The van der Waals surface area contributed by atoms with E-state index in [1.165, 1.54) is 0 Å². The maximum atomic E-state index is 12.3. The number of hydrogen-bond donors (Lipinski definition) is 1. The van der Waals surface area contributed by atoms with Gasteiger partial charge in [-0.2, -0.15) is 0 Å². The summed E-state index contributed by atoms with van der Waals surface area (Å²) in [5, 5.41) is 0. The second-order valence-corrected chi connectivity index (χ2v) is 6.56. The first-order chi connectivity index (χ1) is 9.56. The van der Waals surface area contributed by atoms with Crippen LogP contribution in [-0.2, 0) is 11.3 Å². The SMILES string of the molecule is NC1C(=O)N(Cc2ccc(Br)cc2)c2ccc(Br)cc21. The Morgan fingerprint density at radius 3 is 2.40 bits per heavy atom. The van der Waals surface area contributed by atoms with Gasteiger partial charge in [0.15, 0.2) is 0 Å². The molecule has 0 aliphatic carbocycles. The fourth-order valence-electron chi connectivity index (χ4n) is 2.38. The van der Waals surface area contributed by atoms with Gasteiger partial charge in [0.1, 0.15) is 6.04 Å². The van der Waals surface area contributed by atoms with Gasteiger partial charge in [0.25, 0.3) is 0 Å². The highest BCUT2D eigenvalue weighted by atomic mass is 79.9. The standard InChI is InChI=1S/C15H12Br2N2O/c16-10-3-1-9(2-4-10)8-19-13-6-5-11(17)7-12(13)14(18)15(19)20/h1-7,14H,8,18H2. The van der Waals surface area contributed by atoms with Crippen LogP contribution >= 0.6 is 31.9 Å². The Labute approximate surface area is 134 Å². The summed E-state index contributed by atoms with van der Waals surface area (Å²) >= 11 is 6.82. The number of carbonyl (C=O) groups is 1. The van der Waals surface area contributed by atoms with Gasteiger partial charge in [-0.15, -0.1) is 0 Å². The molecule has 0 saturated heterocycles. The van der Waals surface area contributed by atoms with Crippen molar-refractivity contribution in [1.29, 1.82) is 0 Å². The first-order valence-electron chi connectivity index (χ1n) is 6.17. The number of halogens is 2. The molecule has 1 unspecified atom stereocenters. The Balaban J connectivity index is 1.95. The second-order valence-electron chi connectivity index (χ2n) is 4.73. The number of rotatable bonds is 2. The summed E-state index contributed by atoms with van der Waals surface area (Å²) in [6.07, 6.45) is 0. The van der Waals surface area contributed by atoms with Crippen LogP contribution in [0, 0.1) is 0 Å². The lowest BCUT2D eigenvalue weighted by Gasteiger charge is -2.17. The number of carbonyl (C=O) groups excluding carboxylic acids is 1. The van der Waals surface area contributed by atoms with Crippen molar-refractivity contribution in [2.45, 2.75) is 12.6 Å². The molecular formula is C15H12Br2N2O. The summed E-state index contributed by atoms with van der Waals surface area (Å²) in [6, 6.07) is 13.1. The highest BCUT2D eigenvalue weighted by Crippen LogP contribution is 2.37. The van der Waals surface area contributed by atoms with Crippen molar-refractivity contribution in [2.24, 2.45) is 5.73 Å². The fourth-order valence-corrected chi connectivity index (χ4v) is 3.02. The van der Waals surface area contributed by atoms with Crippen LogP contribution in [0.25, 0.3) is 0 Å². The Morgan fingerprint density at radius 1 is 1.05 bits per heavy atom. The molecule has 20 heavy (non-hydrogen) atoms. The molecule has 2 aromatic rings. The second kappa shape index (κ2) is 5.31. The van der Waals surface area contributed by atoms with E-state index in [-0.39, 0.29) is 5.91 Å². The minimum absolute atomic E-state index is 0.0546. The topological polar surface area (TPSA) is 46.3 Å². The number of nitrogens with zero attached hydrogens (tertiary/aromatic N) is 1. The van der Waals surface area contributed by atoms with Gasteiger partial charge < -0.3 is 10.6 Å². The molecule has 1 heterocycles. The molecule has 0 saturated carbocycles. The monoisotopic (exact) mass is 394 g/mol. The summed E-state index contributed by atoms with van der Waals surface area (Å²) in [7, 11) is 0. The molecule has 1 atom stereocenters. The van der Waals surface area contributed by atoms with Crippen LogP contribution in [0.3, 0.4) is 0 Å². The molecule has 1 aliphatic heterocycles. The summed E-state index contributed by atoms with van der Waals surface area (Å²) in [5.41, 5.74) is 8.85. The Kier molecular flexibility index (Phi) is 3.67. The molecule has 3 rings (SSSR count). The number of hydrogen-bond acceptors (Lipinski definition) is 2. The van der Waals surface area contributed by atoms with Crippen LogP contribution < -0.4 is 10.6 Å². The Hall–Kier alpha value is -1.17.